The third-order valence-corrected chi connectivity index (χ3v) is 11.8. The van der Waals surface area contributed by atoms with Crippen molar-refractivity contribution in [3.8, 4) is 0 Å². The van der Waals surface area contributed by atoms with Crippen molar-refractivity contribution in [1.82, 2.24) is 5.32 Å². The Balaban J connectivity index is 4.53. The summed E-state index contributed by atoms with van der Waals surface area (Å²) < 4.78 is 5.92. The van der Waals surface area contributed by atoms with E-state index < -0.39 is 18.2 Å². The summed E-state index contributed by atoms with van der Waals surface area (Å²) in [6.45, 7) is 6.45. The van der Waals surface area contributed by atoms with Crippen LogP contribution >= 0.6 is 0 Å². The van der Waals surface area contributed by atoms with Crippen LogP contribution in [0, 0.1) is 0 Å². The predicted molar refractivity (Wildman–Crippen MR) is 250 cm³/mol. The van der Waals surface area contributed by atoms with Gasteiger partial charge in [0, 0.05) is 6.42 Å². The van der Waals surface area contributed by atoms with Gasteiger partial charge in [0.25, 0.3) is 0 Å². The molecule has 0 fully saturated rings. The van der Waals surface area contributed by atoms with Gasteiger partial charge in [0.15, 0.2) is 0 Å². The van der Waals surface area contributed by atoms with Crippen LogP contribution < -0.4 is 5.32 Å². The maximum atomic E-state index is 13.2. The lowest BCUT2D eigenvalue weighted by molar-refractivity contribution is -0.151. The molecule has 3 unspecified atom stereocenters. The second-order valence-electron chi connectivity index (χ2n) is 17.6. The van der Waals surface area contributed by atoms with Crippen molar-refractivity contribution >= 4 is 11.9 Å². The van der Waals surface area contributed by atoms with E-state index in [2.05, 4.69) is 50.4 Å². The van der Waals surface area contributed by atoms with Gasteiger partial charge in [-0.15, -0.1) is 0 Å². The predicted octanol–water partition coefficient (Wildman–Crippen LogP) is 15.1. The smallest absolute Gasteiger partial charge is 0.306 e. The number of hydrogen-bond acceptors (Lipinski definition) is 5. The van der Waals surface area contributed by atoms with Gasteiger partial charge in [0.05, 0.1) is 25.2 Å². The summed E-state index contributed by atoms with van der Waals surface area (Å²) in [4.78, 5) is 26.0. The molecule has 3 N–H and O–H groups in total. The number of hydrogen-bond donors (Lipinski definition) is 3. The first-order chi connectivity index (χ1) is 28.5. The molecule has 1 amide bonds. The van der Waals surface area contributed by atoms with Crippen LogP contribution in [0.4, 0.5) is 0 Å². The lowest BCUT2D eigenvalue weighted by atomic mass is 10.0. The van der Waals surface area contributed by atoms with Crippen LogP contribution in [-0.4, -0.2) is 46.9 Å². The average molecular weight is 818 g/mol. The van der Waals surface area contributed by atoms with Crippen LogP contribution in [0.5, 0.6) is 0 Å². The van der Waals surface area contributed by atoms with Crippen molar-refractivity contribution in [3.05, 3.63) is 24.3 Å². The van der Waals surface area contributed by atoms with Gasteiger partial charge >= 0.3 is 5.97 Å². The number of ether oxygens (including phenoxy) is 1. The van der Waals surface area contributed by atoms with Crippen molar-refractivity contribution in [2.45, 2.75) is 289 Å². The zero-order valence-electron chi connectivity index (χ0n) is 38.9. The van der Waals surface area contributed by atoms with Crippen molar-refractivity contribution in [2.75, 3.05) is 6.61 Å². The van der Waals surface area contributed by atoms with Crippen molar-refractivity contribution in [2.24, 2.45) is 0 Å². The van der Waals surface area contributed by atoms with Crippen LogP contribution in [0.1, 0.15) is 271 Å². The van der Waals surface area contributed by atoms with E-state index >= 15 is 0 Å². The normalized spacial score (nSPS) is 13.4. The highest BCUT2D eigenvalue weighted by Gasteiger charge is 2.24. The summed E-state index contributed by atoms with van der Waals surface area (Å²) in [6.07, 6.45) is 52.4. The molecule has 3 atom stereocenters. The topological polar surface area (TPSA) is 95.9 Å². The molecule has 6 nitrogen and oxygen atoms in total. The van der Waals surface area contributed by atoms with Gasteiger partial charge in [-0.1, -0.05) is 225 Å². The van der Waals surface area contributed by atoms with E-state index in [0.717, 1.165) is 64.2 Å². The minimum atomic E-state index is -0.785. The van der Waals surface area contributed by atoms with Gasteiger partial charge in [-0.05, 0) is 57.8 Å². The quantitative estimate of drug-likeness (QED) is 0.0323. The summed E-state index contributed by atoms with van der Waals surface area (Å²) in [7, 11) is 0. The average Bonchev–Trinajstić information content (AvgIpc) is 3.22. The Hall–Kier alpha value is -1.66. The fourth-order valence-corrected chi connectivity index (χ4v) is 7.87. The molecular formula is C52H99NO5. The Morgan fingerprint density at radius 3 is 1.34 bits per heavy atom. The lowest BCUT2D eigenvalue weighted by Crippen LogP contribution is -2.46. The lowest BCUT2D eigenvalue weighted by Gasteiger charge is -2.24. The molecule has 0 aromatic carbocycles. The number of rotatable bonds is 46. The molecule has 0 rings (SSSR count). The zero-order valence-corrected chi connectivity index (χ0v) is 38.9. The molecule has 0 saturated carbocycles. The Kier molecular flexibility index (Phi) is 45.1. The monoisotopic (exact) mass is 818 g/mol. The van der Waals surface area contributed by atoms with E-state index in [1.807, 2.05) is 0 Å². The molecule has 0 aliphatic rings. The highest BCUT2D eigenvalue weighted by atomic mass is 16.5. The number of carbonyl (C=O) groups excluding carboxylic acids is 2. The molecular weight excluding hydrogens is 719 g/mol. The molecule has 0 saturated heterocycles. The SMILES string of the molecule is CCCCC/C=C\C/C=C\CCCCCCCCCC(CC(=O)NC(CO)C(O)CCCCCCCCCCCCCCC)OC(=O)CCCCCCCCCCC. The van der Waals surface area contributed by atoms with Crippen LogP contribution in [-0.2, 0) is 14.3 Å². The third-order valence-electron chi connectivity index (χ3n) is 11.8. The van der Waals surface area contributed by atoms with Crippen LogP contribution in [0.2, 0.25) is 0 Å². The number of nitrogens with one attached hydrogen (secondary N) is 1. The fraction of sp³-hybridized carbons (Fsp3) is 0.885. The van der Waals surface area contributed by atoms with E-state index in [9.17, 15) is 19.8 Å². The summed E-state index contributed by atoms with van der Waals surface area (Å²) in [6, 6.07) is -0.698. The number of esters is 1. The number of allylic oxidation sites excluding steroid dienone is 4. The molecule has 342 valence electrons. The molecule has 6 heteroatoms. The van der Waals surface area contributed by atoms with Gasteiger partial charge in [-0.3, -0.25) is 9.59 Å². The van der Waals surface area contributed by atoms with Crippen LogP contribution in [0.25, 0.3) is 0 Å². The van der Waals surface area contributed by atoms with Gasteiger partial charge in [0.1, 0.15) is 6.10 Å². The highest BCUT2D eigenvalue weighted by molar-refractivity contribution is 5.77. The molecule has 0 aromatic heterocycles. The number of carbonyl (C=O) groups is 2. The molecule has 0 aliphatic heterocycles. The van der Waals surface area contributed by atoms with Crippen molar-refractivity contribution in [1.29, 1.82) is 0 Å². The first-order valence-corrected chi connectivity index (χ1v) is 25.6. The summed E-state index contributed by atoms with van der Waals surface area (Å²) in [5.74, 6) is -0.472. The maximum absolute atomic E-state index is 13.2. The van der Waals surface area contributed by atoms with Crippen LogP contribution in [0.15, 0.2) is 24.3 Å². The van der Waals surface area contributed by atoms with Gasteiger partial charge in [0.2, 0.25) is 5.91 Å². The first kappa shape index (κ1) is 56.3. The molecule has 0 bridgehead atoms. The Morgan fingerprint density at radius 2 is 0.879 bits per heavy atom. The van der Waals surface area contributed by atoms with E-state index in [1.165, 1.54) is 161 Å². The minimum absolute atomic E-state index is 0.0770. The van der Waals surface area contributed by atoms with E-state index in [-0.39, 0.29) is 24.9 Å². The molecule has 0 spiro atoms. The zero-order chi connectivity index (χ0) is 42.4. The number of amides is 1. The summed E-state index contributed by atoms with van der Waals surface area (Å²) in [5, 5.41) is 23.7. The van der Waals surface area contributed by atoms with E-state index in [0.29, 0.717) is 19.3 Å². The summed E-state index contributed by atoms with van der Waals surface area (Å²) in [5.41, 5.74) is 0. The summed E-state index contributed by atoms with van der Waals surface area (Å²) >= 11 is 0. The number of aliphatic hydroxyl groups is 2. The first-order valence-electron chi connectivity index (χ1n) is 25.6. The molecule has 0 aliphatic carbocycles. The van der Waals surface area contributed by atoms with Crippen LogP contribution in [0.3, 0.4) is 0 Å². The van der Waals surface area contributed by atoms with Gasteiger partial charge < -0.3 is 20.3 Å². The molecule has 0 radical (unpaired) electrons. The van der Waals surface area contributed by atoms with Gasteiger partial charge in [-0.2, -0.15) is 0 Å². The van der Waals surface area contributed by atoms with Gasteiger partial charge in [-0.25, -0.2) is 0 Å². The Bertz CT molecular complexity index is 919. The second-order valence-corrected chi connectivity index (χ2v) is 17.6. The Morgan fingerprint density at radius 1 is 0.500 bits per heavy atom. The highest BCUT2D eigenvalue weighted by Crippen LogP contribution is 2.18. The minimum Gasteiger partial charge on any atom is -0.462 e. The van der Waals surface area contributed by atoms with E-state index in [1.54, 1.807) is 0 Å². The Labute approximate surface area is 361 Å². The second kappa shape index (κ2) is 46.4. The molecule has 0 aromatic rings. The van der Waals surface area contributed by atoms with E-state index in [4.69, 9.17) is 4.74 Å². The molecule has 58 heavy (non-hydrogen) atoms. The third kappa shape index (κ3) is 41.1. The largest absolute Gasteiger partial charge is 0.462 e. The fourth-order valence-electron chi connectivity index (χ4n) is 7.87. The standard InChI is InChI=1S/C52H99NO5/c1-4-7-10-13-16-19-21-23-24-25-26-28-29-32-34-37-40-43-48(58-52(57)45-42-39-36-31-18-15-12-9-6-3)46-51(56)53-49(47-54)50(55)44-41-38-35-33-30-27-22-20-17-14-11-8-5-2/h16,19,23-24,48-50,54-55H,4-15,17-18,20-22,25-47H2,1-3H3,(H,53,56)/b19-16-,24-23-. The molecule has 0 heterocycles. The number of aliphatic hydroxyl groups excluding tert-OH is 2. The van der Waals surface area contributed by atoms with Crippen molar-refractivity contribution < 1.29 is 24.5 Å². The van der Waals surface area contributed by atoms with Crippen molar-refractivity contribution in [3.63, 3.8) is 0 Å². The number of unbranched alkanes of at least 4 members (excludes halogenated alkanes) is 30. The maximum Gasteiger partial charge on any atom is 0.306 e.